The van der Waals surface area contributed by atoms with Crippen LogP contribution in [0, 0.1) is 5.92 Å². The summed E-state index contributed by atoms with van der Waals surface area (Å²) < 4.78 is 5.15. The van der Waals surface area contributed by atoms with E-state index in [1.165, 1.54) is 4.90 Å². The molecular weight excluding hydrogens is 236 g/mol. The van der Waals surface area contributed by atoms with Gasteiger partial charge in [0.05, 0.1) is 24.4 Å². The highest BCUT2D eigenvalue weighted by Gasteiger charge is 2.21. The molecule has 92 valence electrons. The Kier molecular flexibility index (Phi) is 4.07. The molecule has 4 heteroatoms. The minimum absolute atomic E-state index is 0.339. The van der Waals surface area contributed by atoms with E-state index < -0.39 is 5.97 Å². The predicted octanol–water partition coefficient (Wildman–Crippen LogP) is 2.44. The van der Waals surface area contributed by atoms with Gasteiger partial charge in [-0.15, -0.1) is 11.8 Å². The first-order chi connectivity index (χ1) is 8.16. The lowest BCUT2D eigenvalue weighted by Crippen LogP contribution is -2.30. The SMILES string of the molecule is CC(Cc1ccccc1SC1COC1)C(=O)O. The third kappa shape index (κ3) is 3.23. The van der Waals surface area contributed by atoms with Crippen molar-refractivity contribution in [3.8, 4) is 0 Å². The van der Waals surface area contributed by atoms with E-state index in [2.05, 4.69) is 6.07 Å². The van der Waals surface area contributed by atoms with Crippen molar-refractivity contribution in [3.63, 3.8) is 0 Å². The Labute approximate surface area is 105 Å². The zero-order valence-electron chi connectivity index (χ0n) is 9.76. The van der Waals surface area contributed by atoms with Gasteiger partial charge in [0.2, 0.25) is 0 Å². The standard InChI is InChI=1S/C13H16O3S/c1-9(13(14)15)6-10-4-2-3-5-12(10)17-11-7-16-8-11/h2-5,9,11H,6-8H2,1H3,(H,14,15). The van der Waals surface area contributed by atoms with Crippen LogP contribution in [-0.4, -0.2) is 29.5 Å². The lowest BCUT2D eigenvalue weighted by molar-refractivity contribution is -0.141. The molecule has 0 bridgehead atoms. The van der Waals surface area contributed by atoms with Gasteiger partial charge < -0.3 is 9.84 Å². The molecule has 0 aromatic heterocycles. The van der Waals surface area contributed by atoms with Crippen LogP contribution >= 0.6 is 11.8 Å². The van der Waals surface area contributed by atoms with Crippen LogP contribution in [0.1, 0.15) is 12.5 Å². The largest absolute Gasteiger partial charge is 0.481 e. The number of ether oxygens (including phenoxy) is 1. The Morgan fingerprint density at radius 2 is 2.24 bits per heavy atom. The smallest absolute Gasteiger partial charge is 0.306 e. The number of aliphatic carboxylic acids is 1. The summed E-state index contributed by atoms with van der Waals surface area (Å²) in [6.07, 6.45) is 0.589. The minimum Gasteiger partial charge on any atom is -0.481 e. The Balaban J connectivity index is 2.06. The molecule has 0 radical (unpaired) electrons. The van der Waals surface area contributed by atoms with Crippen molar-refractivity contribution in [2.24, 2.45) is 5.92 Å². The molecule has 1 aromatic carbocycles. The Morgan fingerprint density at radius 1 is 1.53 bits per heavy atom. The fourth-order valence-electron chi connectivity index (χ4n) is 1.67. The van der Waals surface area contributed by atoms with E-state index in [9.17, 15) is 4.79 Å². The Hall–Kier alpha value is -1.00. The van der Waals surface area contributed by atoms with Crippen LogP contribution in [0.3, 0.4) is 0 Å². The first-order valence-corrected chi connectivity index (χ1v) is 6.60. The van der Waals surface area contributed by atoms with Gasteiger partial charge in [-0.25, -0.2) is 0 Å². The number of carboxylic acid groups (broad SMARTS) is 1. The minimum atomic E-state index is -0.739. The van der Waals surface area contributed by atoms with Crippen LogP contribution in [0.5, 0.6) is 0 Å². The number of hydrogen-bond acceptors (Lipinski definition) is 3. The number of thioether (sulfide) groups is 1. The second-order valence-electron chi connectivity index (χ2n) is 4.33. The van der Waals surface area contributed by atoms with Crippen LogP contribution < -0.4 is 0 Å². The molecule has 1 saturated heterocycles. The molecule has 1 atom stereocenters. The lowest BCUT2D eigenvalue weighted by Gasteiger charge is -2.26. The third-order valence-corrected chi connectivity index (χ3v) is 4.08. The average molecular weight is 252 g/mol. The zero-order valence-corrected chi connectivity index (χ0v) is 10.6. The van der Waals surface area contributed by atoms with Crippen LogP contribution in [0.25, 0.3) is 0 Å². The first-order valence-electron chi connectivity index (χ1n) is 5.72. The molecule has 17 heavy (non-hydrogen) atoms. The van der Waals surface area contributed by atoms with E-state index in [4.69, 9.17) is 9.84 Å². The fourth-order valence-corrected chi connectivity index (χ4v) is 2.81. The fraction of sp³-hybridized carbons (Fsp3) is 0.462. The van der Waals surface area contributed by atoms with E-state index in [1.807, 2.05) is 18.2 Å². The molecule has 0 amide bonds. The van der Waals surface area contributed by atoms with Crippen LogP contribution in [0.4, 0.5) is 0 Å². The van der Waals surface area contributed by atoms with E-state index in [0.717, 1.165) is 18.8 Å². The molecule has 1 aliphatic heterocycles. The molecule has 3 nitrogen and oxygen atoms in total. The van der Waals surface area contributed by atoms with Crippen LogP contribution in [0.15, 0.2) is 29.2 Å². The van der Waals surface area contributed by atoms with Crippen molar-refractivity contribution in [1.29, 1.82) is 0 Å². The highest BCUT2D eigenvalue weighted by molar-refractivity contribution is 8.00. The van der Waals surface area contributed by atoms with E-state index in [0.29, 0.717) is 11.7 Å². The van der Waals surface area contributed by atoms with Gasteiger partial charge in [-0.1, -0.05) is 25.1 Å². The molecule has 1 N–H and O–H groups in total. The maximum absolute atomic E-state index is 10.9. The van der Waals surface area contributed by atoms with Gasteiger partial charge in [-0.05, 0) is 18.1 Å². The molecule has 0 aliphatic carbocycles. The summed E-state index contributed by atoms with van der Waals surface area (Å²) >= 11 is 1.79. The zero-order chi connectivity index (χ0) is 12.3. The topological polar surface area (TPSA) is 46.5 Å². The second kappa shape index (κ2) is 5.56. The molecule has 1 unspecified atom stereocenters. The van der Waals surface area contributed by atoms with Crippen LogP contribution in [-0.2, 0) is 16.0 Å². The third-order valence-electron chi connectivity index (χ3n) is 2.82. The number of rotatable bonds is 5. The number of carboxylic acids is 1. The molecule has 1 aromatic rings. The number of benzene rings is 1. The van der Waals surface area contributed by atoms with Crippen molar-refractivity contribution in [2.45, 2.75) is 23.5 Å². The van der Waals surface area contributed by atoms with Gasteiger partial charge in [-0.3, -0.25) is 4.79 Å². The molecule has 1 fully saturated rings. The summed E-state index contributed by atoms with van der Waals surface area (Å²) in [6, 6.07) is 8.04. The molecular formula is C13H16O3S. The maximum Gasteiger partial charge on any atom is 0.306 e. The maximum atomic E-state index is 10.9. The van der Waals surface area contributed by atoms with Crippen molar-refractivity contribution in [2.75, 3.05) is 13.2 Å². The van der Waals surface area contributed by atoms with Crippen molar-refractivity contribution in [3.05, 3.63) is 29.8 Å². The van der Waals surface area contributed by atoms with E-state index >= 15 is 0 Å². The Bertz CT molecular complexity index is 401. The second-order valence-corrected chi connectivity index (χ2v) is 5.67. The van der Waals surface area contributed by atoms with Crippen molar-refractivity contribution in [1.82, 2.24) is 0 Å². The summed E-state index contributed by atoms with van der Waals surface area (Å²) in [6.45, 7) is 3.34. The van der Waals surface area contributed by atoms with E-state index in [1.54, 1.807) is 18.7 Å². The van der Waals surface area contributed by atoms with Gasteiger partial charge in [0.25, 0.3) is 0 Å². The molecule has 1 heterocycles. The summed E-state index contributed by atoms with van der Waals surface area (Å²) in [7, 11) is 0. The molecule has 1 aliphatic rings. The number of hydrogen-bond donors (Lipinski definition) is 1. The van der Waals surface area contributed by atoms with Gasteiger partial charge in [0.1, 0.15) is 0 Å². The number of carbonyl (C=O) groups is 1. The average Bonchev–Trinajstić information content (AvgIpc) is 2.25. The lowest BCUT2D eigenvalue weighted by atomic mass is 10.0. The quantitative estimate of drug-likeness (QED) is 0.874. The normalized spacial score (nSPS) is 17.5. The summed E-state index contributed by atoms with van der Waals surface area (Å²) in [5, 5.41) is 9.47. The van der Waals surface area contributed by atoms with Crippen LogP contribution in [0.2, 0.25) is 0 Å². The summed E-state index contributed by atoms with van der Waals surface area (Å²) in [5.41, 5.74) is 1.12. The highest BCUT2D eigenvalue weighted by atomic mass is 32.2. The molecule has 2 rings (SSSR count). The van der Waals surface area contributed by atoms with Gasteiger partial charge in [0.15, 0.2) is 0 Å². The Morgan fingerprint density at radius 3 is 2.82 bits per heavy atom. The first kappa shape index (κ1) is 12.5. The molecule has 0 spiro atoms. The van der Waals surface area contributed by atoms with Crippen molar-refractivity contribution < 1.29 is 14.6 Å². The highest BCUT2D eigenvalue weighted by Crippen LogP contribution is 2.31. The van der Waals surface area contributed by atoms with Gasteiger partial charge in [-0.2, -0.15) is 0 Å². The summed E-state index contributed by atoms with van der Waals surface area (Å²) in [5.74, 6) is -1.08. The van der Waals surface area contributed by atoms with E-state index in [-0.39, 0.29) is 5.92 Å². The van der Waals surface area contributed by atoms with Crippen molar-refractivity contribution >= 4 is 17.7 Å². The van der Waals surface area contributed by atoms with Gasteiger partial charge in [0, 0.05) is 4.90 Å². The molecule has 0 saturated carbocycles. The monoisotopic (exact) mass is 252 g/mol. The van der Waals surface area contributed by atoms with Gasteiger partial charge >= 0.3 is 5.97 Å². The predicted molar refractivity (Wildman–Crippen MR) is 67.4 cm³/mol. The summed E-state index contributed by atoms with van der Waals surface area (Å²) in [4.78, 5) is 12.1.